The summed E-state index contributed by atoms with van der Waals surface area (Å²) in [7, 11) is 3.81. The maximum absolute atomic E-state index is 12.4. The van der Waals surface area contributed by atoms with Gasteiger partial charge in [-0.2, -0.15) is 0 Å². The van der Waals surface area contributed by atoms with E-state index in [2.05, 4.69) is 15.5 Å². The summed E-state index contributed by atoms with van der Waals surface area (Å²) < 4.78 is 1.79. The Bertz CT molecular complexity index is 960. The molecule has 0 bridgehead atoms. The molecule has 27 heavy (non-hydrogen) atoms. The van der Waals surface area contributed by atoms with Gasteiger partial charge in [-0.1, -0.05) is 41.0 Å². The summed E-state index contributed by atoms with van der Waals surface area (Å²) in [5, 5.41) is 12.7. The molecule has 0 atom stereocenters. The highest BCUT2D eigenvalue weighted by molar-refractivity contribution is 7.99. The highest BCUT2D eigenvalue weighted by atomic mass is 35.5. The number of thioether (sulfide) groups is 1. The van der Waals surface area contributed by atoms with Crippen LogP contribution in [0.1, 0.15) is 0 Å². The van der Waals surface area contributed by atoms with Crippen LogP contribution in [-0.2, 0) is 4.79 Å². The van der Waals surface area contributed by atoms with Crippen LogP contribution >= 0.6 is 35.0 Å². The second-order valence-electron chi connectivity index (χ2n) is 5.86. The van der Waals surface area contributed by atoms with Crippen molar-refractivity contribution in [2.24, 2.45) is 0 Å². The zero-order chi connectivity index (χ0) is 19.4. The van der Waals surface area contributed by atoms with Gasteiger partial charge in [0.1, 0.15) is 6.33 Å². The second-order valence-corrected chi connectivity index (χ2v) is 7.67. The molecule has 0 aliphatic carbocycles. The van der Waals surface area contributed by atoms with E-state index in [0.29, 0.717) is 20.9 Å². The topological polar surface area (TPSA) is 63.1 Å². The van der Waals surface area contributed by atoms with Gasteiger partial charge in [0.2, 0.25) is 5.91 Å². The Morgan fingerprint density at radius 1 is 1.19 bits per heavy atom. The van der Waals surface area contributed by atoms with Crippen LogP contribution in [0, 0.1) is 0 Å². The lowest BCUT2D eigenvalue weighted by Crippen LogP contribution is -2.18. The minimum absolute atomic E-state index is 0.161. The number of nitrogens with zero attached hydrogens (tertiary/aromatic N) is 4. The Morgan fingerprint density at radius 2 is 1.96 bits per heavy atom. The van der Waals surface area contributed by atoms with E-state index in [1.807, 2.05) is 43.3 Å². The fourth-order valence-corrected chi connectivity index (χ4v) is 3.53. The van der Waals surface area contributed by atoms with Gasteiger partial charge >= 0.3 is 0 Å². The summed E-state index contributed by atoms with van der Waals surface area (Å²) >= 11 is 13.4. The minimum Gasteiger partial charge on any atom is -0.376 e. The summed E-state index contributed by atoms with van der Waals surface area (Å²) in [5.74, 6) is 0.0181. The Morgan fingerprint density at radius 3 is 2.70 bits per heavy atom. The first-order valence-corrected chi connectivity index (χ1v) is 9.73. The summed E-state index contributed by atoms with van der Waals surface area (Å²) in [6, 6.07) is 12.7. The summed E-state index contributed by atoms with van der Waals surface area (Å²) in [6.45, 7) is 0. The fraction of sp³-hybridized carbons (Fsp3) is 0.167. The quantitative estimate of drug-likeness (QED) is 0.598. The summed E-state index contributed by atoms with van der Waals surface area (Å²) in [4.78, 5) is 14.3. The van der Waals surface area contributed by atoms with Crippen molar-refractivity contribution in [1.82, 2.24) is 14.8 Å². The van der Waals surface area contributed by atoms with Crippen molar-refractivity contribution in [3.63, 3.8) is 0 Å². The van der Waals surface area contributed by atoms with E-state index in [0.717, 1.165) is 11.4 Å². The van der Waals surface area contributed by atoms with E-state index >= 15 is 0 Å². The SMILES string of the molecule is CN(C)c1ccc(Cl)cc1NC(=O)CSc1nncn1-c1cccc(Cl)c1. The lowest BCUT2D eigenvalue weighted by molar-refractivity contribution is -0.113. The first kappa shape index (κ1) is 19.5. The molecule has 3 aromatic rings. The number of carbonyl (C=O) groups is 1. The molecule has 3 rings (SSSR count). The van der Waals surface area contributed by atoms with Crippen LogP contribution in [0.25, 0.3) is 5.69 Å². The molecule has 0 aliphatic heterocycles. The van der Waals surface area contributed by atoms with Gasteiger partial charge in [-0.25, -0.2) is 0 Å². The molecule has 6 nitrogen and oxygen atoms in total. The number of aromatic nitrogens is 3. The molecule has 0 fully saturated rings. The number of anilines is 2. The second kappa shape index (κ2) is 8.65. The van der Waals surface area contributed by atoms with Gasteiger partial charge in [-0.15, -0.1) is 10.2 Å². The van der Waals surface area contributed by atoms with Crippen molar-refractivity contribution in [3.8, 4) is 5.69 Å². The molecule has 0 spiro atoms. The van der Waals surface area contributed by atoms with E-state index in [9.17, 15) is 4.79 Å². The predicted octanol–water partition coefficient (Wildman–Crippen LogP) is 4.37. The number of rotatable bonds is 6. The van der Waals surface area contributed by atoms with Crippen LogP contribution in [0.5, 0.6) is 0 Å². The van der Waals surface area contributed by atoms with Gasteiger partial charge in [0.05, 0.1) is 22.8 Å². The number of carbonyl (C=O) groups excluding carboxylic acids is 1. The van der Waals surface area contributed by atoms with Crippen LogP contribution < -0.4 is 10.2 Å². The molecule has 1 heterocycles. The Hall–Kier alpha value is -2.22. The molecular formula is C18H17Cl2N5OS. The number of hydrogen-bond acceptors (Lipinski definition) is 5. The number of halogens is 2. The predicted molar refractivity (Wildman–Crippen MR) is 112 cm³/mol. The molecule has 9 heteroatoms. The molecule has 0 unspecified atom stereocenters. The normalized spacial score (nSPS) is 10.7. The van der Waals surface area contributed by atoms with Crippen LogP contribution in [-0.4, -0.2) is 40.5 Å². The molecule has 2 aromatic carbocycles. The van der Waals surface area contributed by atoms with Gasteiger partial charge in [-0.3, -0.25) is 9.36 Å². The van der Waals surface area contributed by atoms with Crippen LogP contribution in [0.15, 0.2) is 53.9 Å². The standard InChI is InChI=1S/C18H17Cl2N5OS/c1-24(2)16-7-6-13(20)9-15(16)22-17(26)10-27-18-23-21-11-25(18)14-5-3-4-12(19)8-14/h3-9,11H,10H2,1-2H3,(H,22,26). The van der Waals surface area contributed by atoms with E-state index < -0.39 is 0 Å². The summed E-state index contributed by atoms with van der Waals surface area (Å²) in [5.41, 5.74) is 2.37. The Balaban J connectivity index is 1.69. The molecule has 0 radical (unpaired) electrons. The Labute approximate surface area is 171 Å². The van der Waals surface area contributed by atoms with Gasteiger partial charge in [0, 0.05) is 24.1 Å². The fourth-order valence-electron chi connectivity index (χ4n) is 2.44. The number of benzene rings is 2. The third-order valence-electron chi connectivity index (χ3n) is 3.65. The number of amides is 1. The lowest BCUT2D eigenvalue weighted by Gasteiger charge is -2.18. The largest absolute Gasteiger partial charge is 0.376 e. The third-order valence-corrected chi connectivity index (χ3v) is 5.06. The minimum atomic E-state index is -0.161. The average Bonchev–Trinajstić information content (AvgIpc) is 3.08. The highest BCUT2D eigenvalue weighted by Crippen LogP contribution is 2.28. The Kier molecular flexibility index (Phi) is 6.26. The first-order chi connectivity index (χ1) is 12.9. The van der Waals surface area contributed by atoms with Crippen LogP contribution in [0.4, 0.5) is 11.4 Å². The van der Waals surface area contributed by atoms with Crippen molar-refractivity contribution in [3.05, 3.63) is 58.8 Å². The first-order valence-electron chi connectivity index (χ1n) is 7.99. The number of hydrogen-bond donors (Lipinski definition) is 1. The molecule has 0 saturated carbocycles. The van der Waals surface area contributed by atoms with Crippen molar-refractivity contribution >= 4 is 52.2 Å². The molecule has 1 N–H and O–H groups in total. The third kappa shape index (κ3) is 4.94. The molecule has 0 aliphatic rings. The van der Waals surface area contributed by atoms with Crippen molar-refractivity contribution in [2.75, 3.05) is 30.1 Å². The van der Waals surface area contributed by atoms with Gasteiger partial charge in [0.25, 0.3) is 0 Å². The van der Waals surface area contributed by atoms with Crippen LogP contribution in [0.3, 0.4) is 0 Å². The average molecular weight is 422 g/mol. The molecule has 1 aromatic heterocycles. The van der Waals surface area contributed by atoms with Crippen LogP contribution in [0.2, 0.25) is 10.0 Å². The van der Waals surface area contributed by atoms with E-state index in [1.54, 1.807) is 29.1 Å². The van der Waals surface area contributed by atoms with E-state index in [1.165, 1.54) is 11.8 Å². The van der Waals surface area contributed by atoms with E-state index in [-0.39, 0.29) is 11.7 Å². The van der Waals surface area contributed by atoms with Gasteiger partial charge < -0.3 is 10.2 Å². The van der Waals surface area contributed by atoms with Crippen molar-refractivity contribution < 1.29 is 4.79 Å². The smallest absolute Gasteiger partial charge is 0.234 e. The van der Waals surface area contributed by atoms with Crippen molar-refractivity contribution in [2.45, 2.75) is 5.16 Å². The monoisotopic (exact) mass is 421 g/mol. The molecule has 0 saturated heterocycles. The molecule has 140 valence electrons. The maximum atomic E-state index is 12.4. The van der Waals surface area contributed by atoms with Crippen molar-refractivity contribution in [1.29, 1.82) is 0 Å². The van der Waals surface area contributed by atoms with E-state index in [4.69, 9.17) is 23.2 Å². The van der Waals surface area contributed by atoms with Gasteiger partial charge in [0.15, 0.2) is 5.16 Å². The molecule has 1 amide bonds. The lowest BCUT2D eigenvalue weighted by atomic mass is 10.2. The zero-order valence-corrected chi connectivity index (χ0v) is 17.0. The number of nitrogens with one attached hydrogen (secondary N) is 1. The molecular weight excluding hydrogens is 405 g/mol. The highest BCUT2D eigenvalue weighted by Gasteiger charge is 2.13. The zero-order valence-electron chi connectivity index (χ0n) is 14.7. The van der Waals surface area contributed by atoms with Gasteiger partial charge in [-0.05, 0) is 36.4 Å². The summed E-state index contributed by atoms with van der Waals surface area (Å²) in [6.07, 6.45) is 1.59. The maximum Gasteiger partial charge on any atom is 0.234 e.